The Bertz CT molecular complexity index is 1480. The van der Waals surface area contributed by atoms with Crippen molar-refractivity contribution in [3.8, 4) is 22.6 Å². The first-order valence-electron chi connectivity index (χ1n) is 13.7. The van der Waals surface area contributed by atoms with Crippen LogP contribution in [0.4, 0.5) is 5.95 Å². The summed E-state index contributed by atoms with van der Waals surface area (Å²) in [6, 6.07) is 5.31. The van der Waals surface area contributed by atoms with Gasteiger partial charge in [0.1, 0.15) is 17.1 Å². The van der Waals surface area contributed by atoms with Gasteiger partial charge in [0.25, 0.3) is 5.56 Å². The number of carbonyl (C=O) groups excluding carboxylic acids is 1. The number of rotatable bonds is 10. The van der Waals surface area contributed by atoms with Crippen molar-refractivity contribution in [2.24, 2.45) is 0 Å². The molecule has 0 bridgehead atoms. The third-order valence-corrected chi connectivity index (χ3v) is 7.95. The fourth-order valence-corrected chi connectivity index (χ4v) is 5.56. The standard InChI is InChI=1S/C29H35ClN6O5/c1-4-25(37)35-11-9-34(10-12-35)7-5-8-36-27-19(17-31-29(33-27)32-20-6-13-41-18-20)14-23(28(36)38)22-15-21(39-2)16-24(40-3)26(22)30/h4,14-17,20H,1,5-13,18H2,2-3H3,(H,31,32,33)/t20-/m0/s1. The Morgan fingerprint density at radius 3 is 2.66 bits per heavy atom. The van der Waals surface area contributed by atoms with Crippen molar-refractivity contribution in [1.29, 1.82) is 0 Å². The van der Waals surface area contributed by atoms with E-state index in [0.717, 1.165) is 26.1 Å². The molecule has 3 aromatic rings. The molecule has 1 atom stereocenters. The highest BCUT2D eigenvalue weighted by Gasteiger charge is 2.22. The molecule has 4 heterocycles. The number of aryl methyl sites for hydroxylation is 1. The summed E-state index contributed by atoms with van der Waals surface area (Å²) in [6.07, 6.45) is 4.66. The van der Waals surface area contributed by atoms with E-state index in [-0.39, 0.29) is 17.5 Å². The summed E-state index contributed by atoms with van der Waals surface area (Å²) >= 11 is 6.70. The molecule has 2 aliphatic rings. The monoisotopic (exact) mass is 582 g/mol. The molecule has 0 spiro atoms. The summed E-state index contributed by atoms with van der Waals surface area (Å²) in [5.41, 5.74) is 1.24. The van der Waals surface area contributed by atoms with Crippen molar-refractivity contribution in [2.75, 3.05) is 65.5 Å². The van der Waals surface area contributed by atoms with E-state index in [9.17, 15) is 9.59 Å². The second kappa shape index (κ2) is 12.9. The number of amides is 1. The van der Waals surface area contributed by atoms with Gasteiger partial charge in [0.05, 0.1) is 31.9 Å². The fourth-order valence-electron chi connectivity index (χ4n) is 5.27. The smallest absolute Gasteiger partial charge is 0.260 e. The Balaban J connectivity index is 1.47. The van der Waals surface area contributed by atoms with Crippen LogP contribution in [0.3, 0.4) is 0 Å². The zero-order chi connectivity index (χ0) is 28.9. The van der Waals surface area contributed by atoms with Gasteiger partial charge in [-0.25, -0.2) is 4.98 Å². The van der Waals surface area contributed by atoms with E-state index in [2.05, 4.69) is 21.8 Å². The number of benzene rings is 1. The Morgan fingerprint density at radius 2 is 1.98 bits per heavy atom. The fraction of sp³-hybridized carbons (Fsp3) is 0.448. The lowest BCUT2D eigenvalue weighted by Gasteiger charge is -2.34. The minimum Gasteiger partial charge on any atom is -0.497 e. The van der Waals surface area contributed by atoms with Gasteiger partial charge < -0.3 is 24.4 Å². The van der Waals surface area contributed by atoms with Gasteiger partial charge in [-0.1, -0.05) is 18.2 Å². The number of pyridine rings is 1. The predicted octanol–water partition coefficient (Wildman–Crippen LogP) is 3.05. The molecule has 1 N–H and O–H groups in total. The first-order valence-corrected chi connectivity index (χ1v) is 14.1. The van der Waals surface area contributed by atoms with Crippen LogP contribution in [0.25, 0.3) is 22.2 Å². The molecule has 0 saturated carbocycles. The molecule has 5 rings (SSSR count). The predicted molar refractivity (Wildman–Crippen MR) is 158 cm³/mol. The van der Waals surface area contributed by atoms with Crippen LogP contribution >= 0.6 is 11.6 Å². The molecule has 2 saturated heterocycles. The maximum Gasteiger partial charge on any atom is 0.260 e. The zero-order valence-corrected chi connectivity index (χ0v) is 24.2. The summed E-state index contributed by atoms with van der Waals surface area (Å²) in [6.45, 7) is 8.94. The topological polar surface area (TPSA) is 111 Å². The largest absolute Gasteiger partial charge is 0.497 e. The number of aromatic nitrogens is 3. The SMILES string of the molecule is C=CC(=O)N1CCN(CCCn2c(=O)c(-c3cc(OC)cc(OC)c3Cl)cc3cnc(N[C@H]4CCOC4)nc32)CC1. The number of carbonyl (C=O) groups is 1. The lowest BCUT2D eigenvalue weighted by Crippen LogP contribution is -2.48. The van der Waals surface area contributed by atoms with Gasteiger partial charge in [-0.15, -0.1) is 0 Å². The van der Waals surface area contributed by atoms with Crippen LogP contribution in [0.1, 0.15) is 12.8 Å². The number of nitrogens with one attached hydrogen (secondary N) is 1. The number of methoxy groups -OCH3 is 2. The van der Waals surface area contributed by atoms with Crippen molar-refractivity contribution >= 4 is 34.5 Å². The van der Waals surface area contributed by atoms with Crippen molar-refractivity contribution in [2.45, 2.75) is 25.4 Å². The van der Waals surface area contributed by atoms with Crippen LogP contribution in [0, 0.1) is 0 Å². The molecule has 218 valence electrons. The summed E-state index contributed by atoms with van der Waals surface area (Å²) < 4.78 is 18.1. The highest BCUT2D eigenvalue weighted by molar-refractivity contribution is 6.35. The second-order valence-corrected chi connectivity index (χ2v) is 10.5. The highest BCUT2D eigenvalue weighted by Crippen LogP contribution is 2.38. The van der Waals surface area contributed by atoms with E-state index < -0.39 is 0 Å². The molecular formula is C29H35ClN6O5. The number of fused-ring (bicyclic) bond motifs is 1. The number of anilines is 1. The second-order valence-electron chi connectivity index (χ2n) is 10.1. The summed E-state index contributed by atoms with van der Waals surface area (Å²) in [7, 11) is 3.07. The van der Waals surface area contributed by atoms with Gasteiger partial charge in [0.2, 0.25) is 11.9 Å². The first kappa shape index (κ1) is 28.8. The molecule has 1 aromatic carbocycles. The van der Waals surface area contributed by atoms with Crippen molar-refractivity contribution in [3.05, 3.63) is 52.4 Å². The zero-order valence-electron chi connectivity index (χ0n) is 23.4. The molecule has 1 amide bonds. The van der Waals surface area contributed by atoms with E-state index in [1.165, 1.54) is 13.2 Å². The average Bonchev–Trinajstić information content (AvgIpc) is 3.51. The molecular weight excluding hydrogens is 548 g/mol. The van der Waals surface area contributed by atoms with Gasteiger partial charge >= 0.3 is 0 Å². The molecule has 41 heavy (non-hydrogen) atoms. The summed E-state index contributed by atoms with van der Waals surface area (Å²) in [5, 5.41) is 4.36. The average molecular weight is 583 g/mol. The molecule has 2 aromatic heterocycles. The molecule has 11 nitrogen and oxygen atoms in total. The first-order chi connectivity index (χ1) is 19.9. The highest BCUT2D eigenvalue weighted by atomic mass is 35.5. The molecule has 0 unspecified atom stereocenters. The van der Waals surface area contributed by atoms with E-state index in [1.54, 1.807) is 41.0 Å². The van der Waals surface area contributed by atoms with Crippen LogP contribution in [0.5, 0.6) is 11.5 Å². The Morgan fingerprint density at radius 1 is 1.17 bits per heavy atom. The van der Waals surface area contributed by atoms with E-state index in [0.29, 0.717) is 83.9 Å². The van der Waals surface area contributed by atoms with Gasteiger partial charge in [-0.2, -0.15) is 4.98 Å². The summed E-state index contributed by atoms with van der Waals surface area (Å²) in [4.78, 5) is 39.4. The number of halogens is 1. The van der Waals surface area contributed by atoms with E-state index in [4.69, 9.17) is 30.8 Å². The summed E-state index contributed by atoms with van der Waals surface area (Å²) in [5.74, 6) is 1.35. The minimum atomic E-state index is -0.218. The number of nitrogens with zero attached hydrogens (tertiary/aromatic N) is 5. The van der Waals surface area contributed by atoms with Gasteiger partial charge in [0.15, 0.2) is 0 Å². The lowest BCUT2D eigenvalue weighted by molar-refractivity contribution is -0.127. The Hall–Kier alpha value is -3.67. The maximum atomic E-state index is 14.1. The normalized spacial score (nSPS) is 17.5. The quantitative estimate of drug-likeness (QED) is 0.361. The van der Waals surface area contributed by atoms with Crippen molar-refractivity contribution < 1.29 is 19.0 Å². The van der Waals surface area contributed by atoms with Crippen LogP contribution in [0.15, 0.2) is 41.8 Å². The molecule has 2 fully saturated rings. The van der Waals surface area contributed by atoms with Gasteiger partial charge in [0, 0.05) is 68.1 Å². The minimum absolute atomic E-state index is 0.0411. The third kappa shape index (κ3) is 6.32. The van der Waals surface area contributed by atoms with E-state index >= 15 is 0 Å². The number of hydrogen-bond donors (Lipinski definition) is 1. The number of hydrogen-bond acceptors (Lipinski definition) is 9. The van der Waals surface area contributed by atoms with E-state index in [1.807, 2.05) is 0 Å². The maximum absolute atomic E-state index is 14.1. The Labute approximate surface area is 243 Å². The Kier molecular flexibility index (Phi) is 9.06. The molecule has 12 heteroatoms. The van der Waals surface area contributed by atoms with Gasteiger partial charge in [-0.05, 0) is 37.6 Å². The lowest BCUT2D eigenvalue weighted by atomic mass is 10.0. The molecule has 0 radical (unpaired) electrons. The number of piperazine rings is 1. The van der Waals surface area contributed by atoms with Crippen LogP contribution in [0.2, 0.25) is 5.02 Å². The molecule has 0 aliphatic carbocycles. The third-order valence-electron chi connectivity index (χ3n) is 7.56. The van der Waals surface area contributed by atoms with Crippen molar-refractivity contribution in [1.82, 2.24) is 24.3 Å². The van der Waals surface area contributed by atoms with Crippen LogP contribution < -0.4 is 20.3 Å². The molecule has 2 aliphatic heterocycles. The van der Waals surface area contributed by atoms with Crippen LogP contribution in [-0.4, -0.2) is 96.4 Å². The van der Waals surface area contributed by atoms with Gasteiger partial charge in [-0.3, -0.25) is 19.1 Å². The van der Waals surface area contributed by atoms with Crippen molar-refractivity contribution in [3.63, 3.8) is 0 Å². The number of ether oxygens (including phenoxy) is 3. The van der Waals surface area contributed by atoms with Crippen LogP contribution in [-0.2, 0) is 16.1 Å².